The molecule has 2 N–H and O–H groups in total. The third kappa shape index (κ3) is 6.12. The first-order valence-corrected chi connectivity index (χ1v) is 9.28. The van der Waals surface area contributed by atoms with Gasteiger partial charge in [0.1, 0.15) is 18.2 Å². The molecule has 0 radical (unpaired) electrons. The molecule has 3 aromatic rings. The maximum Gasteiger partial charge on any atom is 0.418 e. The summed E-state index contributed by atoms with van der Waals surface area (Å²) in [5.74, 6) is -2.09. The molecule has 0 bridgehead atoms. The Labute approximate surface area is 183 Å². The quantitative estimate of drug-likeness (QED) is 0.308. The first kappa shape index (κ1) is 23.4. The number of amides is 2. The Bertz CT molecular complexity index is 1190. The van der Waals surface area contributed by atoms with Gasteiger partial charge in [-0.25, -0.2) is 4.39 Å². The summed E-state index contributed by atoms with van der Waals surface area (Å²) < 4.78 is 54.7. The van der Waals surface area contributed by atoms with Crippen LogP contribution >= 0.6 is 0 Å². The predicted molar refractivity (Wildman–Crippen MR) is 108 cm³/mol. The number of hydrogen-bond acceptors (Lipinski definition) is 5. The summed E-state index contributed by atoms with van der Waals surface area (Å²) in [4.78, 5) is 34.3. The molecule has 0 aliphatic rings. The van der Waals surface area contributed by atoms with E-state index in [1.54, 1.807) is 0 Å². The zero-order valence-corrected chi connectivity index (χ0v) is 16.6. The van der Waals surface area contributed by atoms with Crippen LogP contribution in [0.3, 0.4) is 0 Å². The van der Waals surface area contributed by atoms with Crippen LogP contribution in [0, 0.1) is 15.9 Å². The Morgan fingerprint density at radius 2 is 1.79 bits per heavy atom. The number of aryl methyl sites for hydroxylation is 1. The van der Waals surface area contributed by atoms with Crippen molar-refractivity contribution >= 4 is 28.9 Å². The minimum atomic E-state index is -4.85. The van der Waals surface area contributed by atoms with Crippen molar-refractivity contribution in [2.45, 2.75) is 19.1 Å². The van der Waals surface area contributed by atoms with Crippen molar-refractivity contribution < 1.29 is 32.1 Å². The Balaban J connectivity index is 1.70. The molecule has 0 unspecified atom stereocenters. The summed E-state index contributed by atoms with van der Waals surface area (Å²) in [5, 5.41) is 18.8. The van der Waals surface area contributed by atoms with Gasteiger partial charge in [0.15, 0.2) is 0 Å². The topological polar surface area (TPSA) is 119 Å². The third-order valence-electron chi connectivity index (χ3n) is 4.36. The second-order valence-corrected chi connectivity index (χ2v) is 6.74. The first-order valence-electron chi connectivity index (χ1n) is 9.28. The van der Waals surface area contributed by atoms with E-state index in [0.717, 1.165) is 35.3 Å². The van der Waals surface area contributed by atoms with Crippen molar-refractivity contribution in [2.75, 3.05) is 10.6 Å². The van der Waals surface area contributed by atoms with Gasteiger partial charge in [0, 0.05) is 24.2 Å². The molecule has 0 fully saturated rings. The predicted octanol–water partition coefficient (Wildman–Crippen LogP) is 4.23. The number of nitro groups is 1. The van der Waals surface area contributed by atoms with E-state index in [2.05, 4.69) is 15.7 Å². The number of rotatable bonds is 7. The Hall–Kier alpha value is -4.29. The van der Waals surface area contributed by atoms with Crippen molar-refractivity contribution in [3.8, 4) is 0 Å². The lowest BCUT2D eigenvalue weighted by atomic mass is 10.1. The Kier molecular flexibility index (Phi) is 6.70. The lowest BCUT2D eigenvalue weighted by molar-refractivity contribution is -0.385. The number of benzene rings is 2. The second-order valence-electron chi connectivity index (χ2n) is 6.74. The van der Waals surface area contributed by atoms with Gasteiger partial charge in [-0.3, -0.25) is 24.4 Å². The van der Waals surface area contributed by atoms with Gasteiger partial charge in [-0.1, -0.05) is 0 Å². The van der Waals surface area contributed by atoms with E-state index in [4.69, 9.17) is 0 Å². The van der Waals surface area contributed by atoms with Crippen molar-refractivity contribution in [3.05, 3.63) is 81.9 Å². The summed E-state index contributed by atoms with van der Waals surface area (Å²) in [7, 11) is 0. The van der Waals surface area contributed by atoms with E-state index in [1.165, 1.54) is 18.2 Å². The van der Waals surface area contributed by atoms with Gasteiger partial charge < -0.3 is 10.6 Å². The zero-order valence-electron chi connectivity index (χ0n) is 16.6. The van der Waals surface area contributed by atoms with Crippen LogP contribution in [-0.4, -0.2) is 26.5 Å². The number of hydrogen-bond donors (Lipinski definition) is 2. The molecule has 1 aromatic heterocycles. The number of anilines is 2. The lowest BCUT2D eigenvalue weighted by Crippen LogP contribution is -2.19. The van der Waals surface area contributed by atoms with Gasteiger partial charge in [-0.05, 0) is 42.5 Å². The fourth-order valence-electron chi connectivity index (χ4n) is 2.77. The minimum Gasteiger partial charge on any atom is -0.325 e. The average molecular weight is 465 g/mol. The van der Waals surface area contributed by atoms with Crippen LogP contribution in [0.15, 0.2) is 54.9 Å². The number of nitrogens with zero attached hydrogens (tertiary/aromatic N) is 3. The zero-order chi connectivity index (χ0) is 24.2. The van der Waals surface area contributed by atoms with E-state index < -0.39 is 40.0 Å². The van der Waals surface area contributed by atoms with Crippen LogP contribution in [0.1, 0.15) is 22.3 Å². The molecular formula is C20H15F4N5O4. The summed E-state index contributed by atoms with van der Waals surface area (Å²) in [5.41, 5.74) is -2.14. The number of aromatic nitrogens is 2. The Morgan fingerprint density at radius 1 is 1.09 bits per heavy atom. The number of carbonyl (C=O) groups is 2. The van der Waals surface area contributed by atoms with Gasteiger partial charge >= 0.3 is 11.9 Å². The molecule has 0 aliphatic heterocycles. The molecule has 0 atom stereocenters. The standard InChI is InChI=1S/C20H15F4N5O4/c21-13-3-1-12(2-4-13)19(31)26-14-5-6-17(16(9-14)20(22,23)24)27-18(30)7-8-28-11-15(10-25-28)29(32)33/h1-6,9-11H,7-8H2,(H,26,31)(H,27,30). The highest BCUT2D eigenvalue weighted by atomic mass is 19.4. The van der Waals surface area contributed by atoms with Crippen LogP contribution in [-0.2, 0) is 17.5 Å². The normalized spacial score (nSPS) is 11.2. The number of halogens is 4. The monoisotopic (exact) mass is 465 g/mol. The molecule has 3 rings (SSSR count). The molecule has 33 heavy (non-hydrogen) atoms. The molecule has 0 saturated carbocycles. The van der Waals surface area contributed by atoms with E-state index >= 15 is 0 Å². The molecule has 9 nitrogen and oxygen atoms in total. The molecule has 1 heterocycles. The third-order valence-corrected chi connectivity index (χ3v) is 4.36. The molecule has 0 saturated heterocycles. The van der Waals surface area contributed by atoms with Gasteiger partial charge in [0.2, 0.25) is 5.91 Å². The average Bonchev–Trinajstić information content (AvgIpc) is 3.22. The summed E-state index contributed by atoms with van der Waals surface area (Å²) in [6, 6.07) is 7.25. The molecule has 172 valence electrons. The van der Waals surface area contributed by atoms with Gasteiger partial charge in [0.25, 0.3) is 5.91 Å². The van der Waals surface area contributed by atoms with Gasteiger partial charge in [0.05, 0.1) is 16.2 Å². The first-order chi connectivity index (χ1) is 15.5. The van der Waals surface area contributed by atoms with Crippen LogP contribution < -0.4 is 10.6 Å². The smallest absolute Gasteiger partial charge is 0.325 e. The number of carbonyl (C=O) groups excluding carboxylic acids is 2. The van der Waals surface area contributed by atoms with Crippen LogP contribution in [0.5, 0.6) is 0 Å². The van der Waals surface area contributed by atoms with Crippen LogP contribution in [0.2, 0.25) is 0 Å². The highest BCUT2D eigenvalue weighted by molar-refractivity contribution is 6.04. The van der Waals surface area contributed by atoms with Crippen molar-refractivity contribution in [3.63, 3.8) is 0 Å². The van der Waals surface area contributed by atoms with Gasteiger partial charge in [-0.15, -0.1) is 0 Å². The lowest BCUT2D eigenvalue weighted by Gasteiger charge is -2.16. The number of nitrogens with one attached hydrogen (secondary N) is 2. The second kappa shape index (κ2) is 9.46. The van der Waals surface area contributed by atoms with E-state index in [-0.39, 0.29) is 29.9 Å². The highest BCUT2D eigenvalue weighted by Crippen LogP contribution is 2.36. The largest absolute Gasteiger partial charge is 0.418 e. The van der Waals surface area contributed by atoms with Crippen LogP contribution in [0.4, 0.5) is 34.6 Å². The summed E-state index contributed by atoms with van der Waals surface area (Å²) >= 11 is 0. The fraction of sp³-hybridized carbons (Fsp3) is 0.150. The fourth-order valence-corrected chi connectivity index (χ4v) is 2.77. The maximum absolute atomic E-state index is 13.5. The minimum absolute atomic E-state index is 0.0428. The van der Waals surface area contributed by atoms with Crippen molar-refractivity contribution in [1.82, 2.24) is 9.78 Å². The molecular weight excluding hydrogens is 450 g/mol. The molecule has 2 amide bonds. The van der Waals surface area contributed by atoms with Crippen molar-refractivity contribution in [2.24, 2.45) is 0 Å². The SMILES string of the molecule is O=C(CCn1cc([N+](=O)[O-])cn1)Nc1ccc(NC(=O)c2ccc(F)cc2)cc1C(F)(F)F. The molecule has 0 aliphatic carbocycles. The van der Waals surface area contributed by atoms with E-state index in [9.17, 15) is 37.3 Å². The Morgan fingerprint density at radius 3 is 2.39 bits per heavy atom. The molecule has 2 aromatic carbocycles. The molecule has 0 spiro atoms. The van der Waals surface area contributed by atoms with E-state index in [1.807, 2.05) is 0 Å². The van der Waals surface area contributed by atoms with Gasteiger partial charge in [-0.2, -0.15) is 18.3 Å². The molecule has 13 heteroatoms. The summed E-state index contributed by atoms with van der Waals surface area (Å²) in [6.45, 7) is -0.0904. The summed E-state index contributed by atoms with van der Waals surface area (Å²) in [6.07, 6.45) is -3.06. The maximum atomic E-state index is 13.5. The van der Waals surface area contributed by atoms with Crippen LogP contribution in [0.25, 0.3) is 0 Å². The highest BCUT2D eigenvalue weighted by Gasteiger charge is 2.34. The van der Waals surface area contributed by atoms with Crippen molar-refractivity contribution in [1.29, 1.82) is 0 Å². The van der Waals surface area contributed by atoms with E-state index in [0.29, 0.717) is 6.07 Å². The number of alkyl halides is 3.